The molecule has 1 fully saturated rings. The summed E-state index contributed by atoms with van der Waals surface area (Å²) in [6.45, 7) is -0.760. The number of hydrogen-bond acceptors (Lipinski definition) is 11. The average molecular weight is 462 g/mol. The first-order valence-corrected chi connectivity index (χ1v) is 9.84. The number of hydrogen-bond donors (Lipinski definition) is 5. The predicted molar refractivity (Wildman–Crippen MR) is 107 cm³/mol. The smallest absolute Gasteiger partial charge is 0.348 e. The lowest BCUT2D eigenvalue weighted by atomic mass is 9.99. The van der Waals surface area contributed by atoms with Crippen LogP contribution in [-0.4, -0.2) is 75.6 Å². The van der Waals surface area contributed by atoms with Crippen molar-refractivity contribution < 1.29 is 53.7 Å². The van der Waals surface area contributed by atoms with E-state index in [1.165, 1.54) is 12.1 Å². The Morgan fingerprint density at radius 1 is 1.03 bits per heavy atom. The van der Waals surface area contributed by atoms with Gasteiger partial charge in [-0.1, -0.05) is 0 Å². The summed E-state index contributed by atoms with van der Waals surface area (Å²) in [5.74, 6) is -1.28. The van der Waals surface area contributed by atoms with Crippen LogP contribution in [0.25, 0.3) is 21.7 Å². The molecule has 0 saturated carbocycles. The van der Waals surface area contributed by atoms with E-state index >= 15 is 0 Å². The van der Waals surface area contributed by atoms with Crippen molar-refractivity contribution in [3.63, 3.8) is 0 Å². The zero-order chi connectivity index (χ0) is 23.4. The van der Waals surface area contributed by atoms with Gasteiger partial charge in [0.05, 0.1) is 6.61 Å². The van der Waals surface area contributed by atoms with E-state index in [2.05, 4.69) is 0 Å². The highest BCUT2D eigenvalue weighted by molar-refractivity contribution is 6.13. The summed E-state index contributed by atoms with van der Waals surface area (Å²) < 4.78 is 26.8. The molecule has 12 heteroatoms. The van der Waals surface area contributed by atoms with Crippen LogP contribution in [0.3, 0.4) is 0 Å². The lowest BCUT2D eigenvalue weighted by molar-refractivity contribution is -0.277. The Balaban J connectivity index is 1.64. The molecule has 0 bridgehead atoms. The molecule has 33 heavy (non-hydrogen) atoms. The molecule has 5 N–H and O–H groups in total. The Bertz CT molecular complexity index is 1310. The number of carboxylic acid groups (broad SMARTS) is 1. The molecular weight excluding hydrogens is 444 g/mol. The first kappa shape index (κ1) is 21.4. The van der Waals surface area contributed by atoms with E-state index in [0.717, 1.165) is 0 Å². The summed E-state index contributed by atoms with van der Waals surface area (Å²) in [5, 5.41) is 50.0. The van der Waals surface area contributed by atoms with Gasteiger partial charge in [0.2, 0.25) is 13.1 Å². The van der Waals surface area contributed by atoms with E-state index in [0.29, 0.717) is 11.1 Å². The van der Waals surface area contributed by atoms with Gasteiger partial charge < -0.3 is 48.9 Å². The van der Waals surface area contributed by atoms with Gasteiger partial charge in [-0.2, -0.15) is 0 Å². The molecule has 0 amide bonds. The van der Waals surface area contributed by atoms with E-state index in [-0.39, 0.29) is 34.6 Å². The van der Waals surface area contributed by atoms with Crippen molar-refractivity contribution in [3.8, 4) is 17.2 Å². The van der Waals surface area contributed by atoms with Crippen LogP contribution in [-0.2, 0) is 4.74 Å². The summed E-state index contributed by atoms with van der Waals surface area (Å²) in [7, 11) is 0. The van der Waals surface area contributed by atoms with Crippen molar-refractivity contribution in [3.05, 3.63) is 40.2 Å². The zero-order valence-electron chi connectivity index (χ0n) is 16.7. The highest BCUT2D eigenvalue weighted by Gasteiger charge is 2.45. The molecule has 5 rings (SSSR count). The van der Waals surface area contributed by atoms with Gasteiger partial charge in [0.15, 0.2) is 17.1 Å². The Labute approximate surface area is 183 Å². The Morgan fingerprint density at radius 2 is 1.79 bits per heavy atom. The highest BCUT2D eigenvalue weighted by atomic mass is 16.7. The summed E-state index contributed by atoms with van der Waals surface area (Å²) in [6, 6.07) is 5.89. The minimum Gasteiger partial charge on any atom is -0.477 e. The first-order valence-electron chi connectivity index (χ1n) is 9.84. The van der Waals surface area contributed by atoms with Gasteiger partial charge in [-0.25, -0.2) is 9.59 Å². The number of ether oxygens (including phenoxy) is 4. The first-order chi connectivity index (χ1) is 15.8. The largest absolute Gasteiger partial charge is 0.477 e. The van der Waals surface area contributed by atoms with Crippen molar-refractivity contribution in [1.29, 1.82) is 0 Å². The van der Waals surface area contributed by atoms with Gasteiger partial charge in [0.25, 0.3) is 0 Å². The number of aromatic carboxylic acids is 1. The maximum absolute atomic E-state index is 12.8. The molecule has 3 heterocycles. The van der Waals surface area contributed by atoms with Crippen molar-refractivity contribution in [2.45, 2.75) is 30.7 Å². The maximum atomic E-state index is 12.8. The van der Waals surface area contributed by atoms with Crippen LogP contribution in [0.1, 0.15) is 10.4 Å². The lowest BCUT2D eigenvalue weighted by Crippen LogP contribution is -2.60. The summed E-state index contributed by atoms with van der Waals surface area (Å²) in [6.07, 6.45) is -7.98. The fourth-order valence-corrected chi connectivity index (χ4v) is 4.02. The Morgan fingerprint density at radius 3 is 2.52 bits per heavy atom. The van der Waals surface area contributed by atoms with E-state index in [9.17, 15) is 35.1 Å². The molecule has 2 aliphatic heterocycles. The quantitative estimate of drug-likeness (QED) is 0.249. The normalized spacial score (nSPS) is 26.6. The van der Waals surface area contributed by atoms with E-state index in [1.54, 1.807) is 12.1 Å². The van der Waals surface area contributed by atoms with Crippen LogP contribution in [0.15, 0.2) is 33.5 Å². The van der Waals surface area contributed by atoms with Crippen molar-refractivity contribution in [2.24, 2.45) is 0 Å². The second-order valence-electron chi connectivity index (χ2n) is 7.55. The monoisotopic (exact) mass is 462 g/mol. The molecule has 0 radical (unpaired) electrons. The summed E-state index contributed by atoms with van der Waals surface area (Å²) in [4.78, 5) is 24.9. The van der Waals surface area contributed by atoms with Crippen LogP contribution in [0, 0.1) is 0 Å². The SMILES string of the molecule is O=C(O)c1c(O[C@@H]2O[C@H](CO)[C@@H](O)[C@H](O)[C@H]2O)ccc2c1oc(=O)c1c3c(ccc12)OCO3. The number of rotatable bonds is 4. The fraction of sp³-hybridized carbons (Fsp3) is 0.333. The molecule has 2 aliphatic rings. The van der Waals surface area contributed by atoms with Crippen molar-refractivity contribution in [1.82, 2.24) is 0 Å². The molecule has 3 aromatic rings. The minimum atomic E-state index is -1.76. The molecule has 0 unspecified atom stereocenters. The number of benzene rings is 2. The Kier molecular flexibility index (Phi) is 5.11. The minimum absolute atomic E-state index is 0.0713. The second kappa shape index (κ2) is 7.86. The van der Waals surface area contributed by atoms with E-state index in [1.807, 2.05) is 0 Å². The molecule has 1 saturated heterocycles. The van der Waals surface area contributed by atoms with Crippen LogP contribution in [0.4, 0.5) is 0 Å². The third-order valence-electron chi connectivity index (χ3n) is 5.65. The van der Waals surface area contributed by atoms with E-state index < -0.39 is 54.5 Å². The van der Waals surface area contributed by atoms with E-state index in [4.69, 9.17) is 23.4 Å². The van der Waals surface area contributed by atoms with Gasteiger partial charge >= 0.3 is 11.6 Å². The fourth-order valence-electron chi connectivity index (χ4n) is 4.02. The molecule has 1 aromatic heterocycles. The number of aliphatic hydroxyl groups excluding tert-OH is 4. The van der Waals surface area contributed by atoms with Crippen LogP contribution >= 0.6 is 0 Å². The van der Waals surface area contributed by atoms with Gasteiger partial charge in [0.1, 0.15) is 41.1 Å². The maximum Gasteiger partial charge on any atom is 0.348 e. The molecule has 2 aromatic carbocycles. The lowest BCUT2D eigenvalue weighted by Gasteiger charge is -2.39. The summed E-state index contributed by atoms with van der Waals surface area (Å²) >= 11 is 0. The molecule has 12 nitrogen and oxygen atoms in total. The number of aliphatic hydroxyl groups is 4. The average Bonchev–Trinajstić information content (AvgIpc) is 3.27. The van der Waals surface area contributed by atoms with Gasteiger partial charge in [-0.3, -0.25) is 0 Å². The second-order valence-corrected chi connectivity index (χ2v) is 7.55. The Hall–Kier alpha value is -3.42. The molecule has 174 valence electrons. The van der Waals surface area contributed by atoms with Crippen LogP contribution in [0.5, 0.6) is 17.2 Å². The standard InChI is InChI=1S/C21H18O12/c22-5-11-14(23)15(24)16(25)21(32-11)31-9-3-2-8-7-1-4-10-18(30-6-29-10)12(7)20(28)33-17(8)13(9)19(26)27/h1-4,11,14-16,21-25H,5-6H2,(H,26,27)/t11-,14-,15+,16-,21-/m1/s1. The van der Waals surface area contributed by atoms with Crippen molar-refractivity contribution >= 4 is 27.7 Å². The highest BCUT2D eigenvalue weighted by Crippen LogP contribution is 2.41. The van der Waals surface area contributed by atoms with Gasteiger partial charge in [-0.15, -0.1) is 0 Å². The van der Waals surface area contributed by atoms with Crippen LogP contribution in [0.2, 0.25) is 0 Å². The molecule has 5 atom stereocenters. The van der Waals surface area contributed by atoms with Crippen molar-refractivity contribution in [2.75, 3.05) is 13.4 Å². The molecular formula is C21H18O12. The number of carboxylic acids is 1. The molecule has 0 spiro atoms. The topological polar surface area (TPSA) is 185 Å². The summed E-state index contributed by atoms with van der Waals surface area (Å²) in [5.41, 5.74) is -1.67. The van der Waals surface area contributed by atoms with Crippen LogP contribution < -0.4 is 19.8 Å². The predicted octanol–water partition coefficient (Wildman–Crippen LogP) is -0.448. The van der Waals surface area contributed by atoms with Gasteiger partial charge in [-0.05, 0) is 24.3 Å². The number of fused-ring (bicyclic) bond motifs is 5. The van der Waals surface area contributed by atoms with Gasteiger partial charge in [0, 0.05) is 10.8 Å². The third-order valence-corrected chi connectivity index (χ3v) is 5.65. The number of carbonyl (C=O) groups is 1. The molecule has 0 aliphatic carbocycles. The third kappa shape index (κ3) is 3.27. The zero-order valence-corrected chi connectivity index (χ0v) is 16.7.